The van der Waals surface area contributed by atoms with Crippen LogP contribution in [-0.2, 0) is 17.7 Å². The fourth-order valence-corrected chi connectivity index (χ4v) is 2.77. The van der Waals surface area contributed by atoms with Gasteiger partial charge in [0.2, 0.25) is 0 Å². The van der Waals surface area contributed by atoms with Gasteiger partial charge < -0.3 is 24.8 Å². The van der Waals surface area contributed by atoms with Crippen molar-refractivity contribution in [2.45, 2.75) is 19.4 Å². The molecule has 6 nitrogen and oxygen atoms in total. The van der Waals surface area contributed by atoms with E-state index in [1.165, 1.54) is 5.56 Å². The Kier molecular flexibility index (Phi) is 9.72. The second-order valence-electron chi connectivity index (χ2n) is 6.26. The minimum atomic E-state index is 0.650. The Morgan fingerprint density at radius 3 is 2.64 bits per heavy atom. The molecule has 0 fully saturated rings. The number of methoxy groups -OCH3 is 2. The Bertz CT molecular complexity index is 734. The molecule has 0 aliphatic heterocycles. The first kappa shape index (κ1) is 21.6. The maximum Gasteiger partial charge on any atom is 0.191 e. The van der Waals surface area contributed by atoms with Crippen molar-refractivity contribution in [3.63, 3.8) is 0 Å². The smallest absolute Gasteiger partial charge is 0.191 e. The van der Waals surface area contributed by atoms with Crippen LogP contribution in [-0.4, -0.2) is 47.0 Å². The molecule has 152 valence electrons. The molecule has 2 aromatic rings. The molecule has 28 heavy (non-hydrogen) atoms. The minimum absolute atomic E-state index is 0.650. The van der Waals surface area contributed by atoms with Crippen molar-refractivity contribution in [1.82, 2.24) is 10.6 Å². The van der Waals surface area contributed by atoms with Crippen molar-refractivity contribution >= 4 is 5.96 Å². The molecule has 0 aromatic heterocycles. The van der Waals surface area contributed by atoms with E-state index in [1.807, 2.05) is 36.4 Å². The van der Waals surface area contributed by atoms with E-state index in [9.17, 15) is 0 Å². The Hall–Kier alpha value is -2.73. The average molecular weight is 386 g/mol. The summed E-state index contributed by atoms with van der Waals surface area (Å²) in [5, 5.41) is 6.68. The van der Waals surface area contributed by atoms with Gasteiger partial charge in [0.15, 0.2) is 5.96 Å². The van der Waals surface area contributed by atoms with Gasteiger partial charge in [0.25, 0.3) is 0 Å². The van der Waals surface area contributed by atoms with Crippen molar-refractivity contribution in [1.29, 1.82) is 0 Å². The van der Waals surface area contributed by atoms with Crippen LogP contribution in [0.3, 0.4) is 0 Å². The average Bonchev–Trinajstić information content (AvgIpc) is 2.74. The van der Waals surface area contributed by atoms with Gasteiger partial charge in [-0.2, -0.15) is 0 Å². The highest BCUT2D eigenvalue weighted by Crippen LogP contribution is 2.17. The van der Waals surface area contributed by atoms with Crippen LogP contribution in [0.5, 0.6) is 11.5 Å². The maximum atomic E-state index is 5.75. The molecule has 2 N–H and O–H groups in total. The molecule has 2 rings (SSSR count). The van der Waals surface area contributed by atoms with Gasteiger partial charge in [0.05, 0.1) is 13.7 Å². The molecule has 0 aliphatic carbocycles. The molecular weight excluding hydrogens is 354 g/mol. The number of nitrogens with zero attached hydrogens (tertiary/aromatic N) is 1. The number of hydrogen-bond donors (Lipinski definition) is 2. The van der Waals surface area contributed by atoms with Crippen LogP contribution in [0.2, 0.25) is 0 Å². The number of para-hydroxylation sites is 1. The largest absolute Gasteiger partial charge is 0.496 e. The molecule has 2 aromatic carbocycles. The zero-order valence-corrected chi connectivity index (χ0v) is 17.0. The first-order valence-corrected chi connectivity index (χ1v) is 9.54. The van der Waals surface area contributed by atoms with Crippen molar-refractivity contribution in [3.05, 3.63) is 59.7 Å². The predicted molar refractivity (Wildman–Crippen MR) is 113 cm³/mol. The lowest BCUT2D eigenvalue weighted by Gasteiger charge is -2.14. The van der Waals surface area contributed by atoms with Crippen molar-refractivity contribution in [3.8, 4) is 11.5 Å². The Morgan fingerprint density at radius 1 is 1.00 bits per heavy atom. The summed E-state index contributed by atoms with van der Waals surface area (Å²) < 4.78 is 16.2. The predicted octanol–water partition coefficient (Wildman–Crippen LogP) is 3.02. The number of hydrogen-bond acceptors (Lipinski definition) is 4. The van der Waals surface area contributed by atoms with Gasteiger partial charge in [-0.05, 0) is 35.7 Å². The Morgan fingerprint density at radius 2 is 1.86 bits per heavy atom. The van der Waals surface area contributed by atoms with Gasteiger partial charge in [-0.15, -0.1) is 0 Å². The molecule has 0 spiro atoms. The highest BCUT2D eigenvalue weighted by molar-refractivity contribution is 5.79. The lowest BCUT2D eigenvalue weighted by Crippen LogP contribution is -2.37. The van der Waals surface area contributed by atoms with Crippen molar-refractivity contribution in [2.24, 2.45) is 4.99 Å². The summed E-state index contributed by atoms with van der Waals surface area (Å²) in [6.45, 7) is 2.79. The van der Waals surface area contributed by atoms with E-state index in [2.05, 4.69) is 27.8 Å². The third kappa shape index (κ3) is 7.48. The molecule has 6 heteroatoms. The molecule has 0 saturated carbocycles. The summed E-state index contributed by atoms with van der Waals surface area (Å²) in [6, 6.07) is 16.1. The quantitative estimate of drug-likeness (QED) is 0.354. The number of ether oxygens (including phenoxy) is 3. The van der Waals surface area contributed by atoms with Crippen LogP contribution in [0.15, 0.2) is 53.5 Å². The maximum absolute atomic E-state index is 5.75. The lowest BCUT2D eigenvalue weighted by molar-refractivity contribution is 0.172. The zero-order valence-electron chi connectivity index (χ0n) is 17.0. The minimum Gasteiger partial charge on any atom is -0.496 e. The van der Waals surface area contributed by atoms with E-state index in [0.29, 0.717) is 19.8 Å². The van der Waals surface area contributed by atoms with Crippen LogP contribution < -0.4 is 20.1 Å². The van der Waals surface area contributed by atoms with E-state index in [-0.39, 0.29) is 0 Å². The zero-order chi connectivity index (χ0) is 20.0. The molecule has 0 aliphatic rings. The van der Waals surface area contributed by atoms with Crippen LogP contribution in [0.1, 0.15) is 17.5 Å². The molecule has 0 saturated heterocycles. The molecule has 0 bridgehead atoms. The summed E-state index contributed by atoms with van der Waals surface area (Å²) in [5.74, 6) is 2.55. The molecule has 0 heterocycles. The summed E-state index contributed by atoms with van der Waals surface area (Å²) in [4.78, 5) is 4.29. The SMILES string of the molecule is CN=C(NCCc1ccccc1OC)NCc1cccc(OCCCOC)c1. The van der Waals surface area contributed by atoms with E-state index in [0.717, 1.165) is 42.4 Å². The lowest BCUT2D eigenvalue weighted by atomic mass is 10.1. The number of aliphatic imine (C=N–C) groups is 1. The normalized spacial score (nSPS) is 11.2. The highest BCUT2D eigenvalue weighted by atomic mass is 16.5. The van der Waals surface area contributed by atoms with Crippen molar-refractivity contribution in [2.75, 3.05) is 41.0 Å². The number of nitrogens with one attached hydrogen (secondary N) is 2. The highest BCUT2D eigenvalue weighted by Gasteiger charge is 2.03. The van der Waals surface area contributed by atoms with Crippen LogP contribution in [0.4, 0.5) is 0 Å². The molecule has 0 unspecified atom stereocenters. The standard InChI is InChI=1S/C22H31N3O3/c1-23-22(24-13-12-19-9-4-5-11-21(19)27-3)25-17-18-8-6-10-20(16-18)28-15-7-14-26-2/h4-6,8-11,16H,7,12-15,17H2,1-3H3,(H2,23,24,25). The number of rotatable bonds is 11. The number of guanidine groups is 1. The van der Waals surface area contributed by atoms with Crippen LogP contribution in [0.25, 0.3) is 0 Å². The van der Waals surface area contributed by atoms with Crippen LogP contribution in [0, 0.1) is 0 Å². The third-order valence-corrected chi connectivity index (χ3v) is 4.22. The van der Waals surface area contributed by atoms with Gasteiger partial charge >= 0.3 is 0 Å². The second-order valence-corrected chi connectivity index (χ2v) is 6.26. The van der Waals surface area contributed by atoms with E-state index >= 15 is 0 Å². The molecular formula is C22H31N3O3. The molecule has 0 amide bonds. The fraction of sp³-hybridized carbons (Fsp3) is 0.409. The van der Waals surface area contributed by atoms with E-state index < -0.39 is 0 Å². The first-order chi connectivity index (χ1) is 13.8. The number of benzene rings is 2. The topological polar surface area (TPSA) is 64.1 Å². The van der Waals surface area contributed by atoms with Gasteiger partial charge in [0, 0.05) is 40.3 Å². The second kappa shape index (κ2) is 12.6. The molecule has 0 radical (unpaired) electrons. The summed E-state index contributed by atoms with van der Waals surface area (Å²) in [5.41, 5.74) is 2.31. The summed E-state index contributed by atoms with van der Waals surface area (Å²) >= 11 is 0. The van der Waals surface area contributed by atoms with Gasteiger partial charge in [0.1, 0.15) is 11.5 Å². The first-order valence-electron chi connectivity index (χ1n) is 9.54. The Labute approximate surface area is 167 Å². The Balaban J connectivity index is 1.77. The summed E-state index contributed by atoms with van der Waals surface area (Å²) in [6.07, 6.45) is 1.73. The molecule has 0 atom stereocenters. The fourth-order valence-electron chi connectivity index (χ4n) is 2.77. The van der Waals surface area contributed by atoms with E-state index in [1.54, 1.807) is 21.3 Å². The monoisotopic (exact) mass is 385 g/mol. The summed E-state index contributed by atoms with van der Waals surface area (Å²) in [7, 11) is 5.17. The third-order valence-electron chi connectivity index (χ3n) is 4.22. The van der Waals surface area contributed by atoms with Gasteiger partial charge in [-0.25, -0.2) is 0 Å². The van der Waals surface area contributed by atoms with E-state index in [4.69, 9.17) is 14.2 Å². The van der Waals surface area contributed by atoms with Crippen LogP contribution >= 0.6 is 0 Å². The van der Waals surface area contributed by atoms with Gasteiger partial charge in [-0.3, -0.25) is 4.99 Å². The van der Waals surface area contributed by atoms with Gasteiger partial charge in [-0.1, -0.05) is 30.3 Å². The van der Waals surface area contributed by atoms with Crippen molar-refractivity contribution < 1.29 is 14.2 Å².